The van der Waals surface area contributed by atoms with E-state index in [1.165, 1.54) is 4.44 Å². The molecule has 2 radical (unpaired) electrons. The fourth-order valence-electron chi connectivity index (χ4n) is 0.428. The zero-order chi connectivity index (χ0) is 6.41. The van der Waals surface area contributed by atoms with Crippen molar-refractivity contribution in [3.63, 3.8) is 0 Å². The minimum atomic E-state index is 1.11. The van der Waals surface area contributed by atoms with Gasteiger partial charge in [-0.05, 0) is 0 Å². The second-order valence-electron chi connectivity index (χ2n) is 1.27. The van der Waals surface area contributed by atoms with Gasteiger partial charge in [-0.25, -0.2) is 0 Å². The summed E-state index contributed by atoms with van der Waals surface area (Å²) in [6.07, 6.45) is 7.39. The van der Waals surface area contributed by atoms with Crippen LogP contribution in [0.3, 0.4) is 0 Å². The maximum atomic E-state index is 7.50. The van der Waals surface area contributed by atoms with Crippen molar-refractivity contribution in [3.05, 3.63) is 22.7 Å². The second kappa shape index (κ2) is 4.83. The minimum absolute atomic E-state index is 1.11. The van der Waals surface area contributed by atoms with Crippen molar-refractivity contribution in [2.24, 2.45) is 0 Å². The molecule has 0 fully saturated rings. The Hall–Kier alpha value is -0.318. The SMILES string of the molecule is [C]=O.[Cr][C]1=CC=CC1. The third kappa shape index (κ3) is 2.79. The molecule has 0 atom stereocenters. The van der Waals surface area contributed by atoms with Crippen molar-refractivity contribution in [1.82, 2.24) is 0 Å². The molecule has 0 aromatic heterocycles. The van der Waals surface area contributed by atoms with E-state index in [0.717, 1.165) is 6.42 Å². The average Bonchev–Trinajstić information content (AvgIpc) is 2.24. The molecule has 1 rings (SSSR count). The summed E-state index contributed by atoms with van der Waals surface area (Å²) >= 11 is 2.94. The summed E-state index contributed by atoms with van der Waals surface area (Å²) in [7, 11) is 0. The predicted molar refractivity (Wildman–Crippen MR) is 27.5 cm³/mol. The Balaban J connectivity index is 0.000000222. The normalized spacial score (nSPS) is 14.2. The molecule has 41 valence electrons. The van der Waals surface area contributed by atoms with Crippen molar-refractivity contribution < 1.29 is 21.1 Å². The average molecular weight is 145 g/mol. The third-order valence-electron chi connectivity index (χ3n) is 0.737. The molecule has 1 aliphatic carbocycles. The van der Waals surface area contributed by atoms with E-state index in [9.17, 15) is 0 Å². The standard InChI is InChI=1S/C5H5.CO.Cr/c1-2-4-5-3-1;1-2;/h1-3H,4H2;;. The molecule has 2 heteroatoms. The van der Waals surface area contributed by atoms with Crippen LogP contribution in [0.25, 0.3) is 0 Å². The molecule has 0 amide bonds. The topological polar surface area (TPSA) is 17.1 Å². The van der Waals surface area contributed by atoms with Crippen LogP contribution in [0.15, 0.2) is 22.7 Å². The molecular weight excluding hydrogens is 140 g/mol. The summed E-state index contributed by atoms with van der Waals surface area (Å²) in [5.41, 5.74) is 0. The van der Waals surface area contributed by atoms with Gasteiger partial charge in [0.2, 0.25) is 0 Å². The van der Waals surface area contributed by atoms with Crippen LogP contribution in [0, 0.1) is 0 Å². The van der Waals surface area contributed by atoms with Crippen molar-refractivity contribution in [3.8, 4) is 0 Å². The van der Waals surface area contributed by atoms with Gasteiger partial charge in [0.1, 0.15) is 0 Å². The van der Waals surface area contributed by atoms with Crippen LogP contribution in [0.5, 0.6) is 0 Å². The summed E-state index contributed by atoms with van der Waals surface area (Å²) < 4.78 is 1.34. The Morgan fingerprint density at radius 2 is 2.25 bits per heavy atom. The molecule has 1 nitrogen and oxygen atoms in total. The van der Waals surface area contributed by atoms with E-state index < -0.39 is 0 Å². The number of carbonyl (C=O) groups excluding carboxylic acids is 1. The molecule has 0 N–H and O–H groups in total. The first-order chi connectivity index (χ1) is 3.89. The molecule has 0 aromatic carbocycles. The zero-order valence-electron chi connectivity index (χ0n) is 4.26. The summed E-state index contributed by atoms with van der Waals surface area (Å²) in [4.78, 5) is 7.50. The van der Waals surface area contributed by atoms with Gasteiger partial charge < -0.3 is 0 Å². The van der Waals surface area contributed by atoms with Gasteiger partial charge in [0.15, 0.2) is 0 Å². The second-order valence-corrected chi connectivity index (χ2v) is 2.08. The molecular formula is C6H5CrO. The molecule has 8 heavy (non-hydrogen) atoms. The fraction of sp³-hybridized carbons (Fsp3) is 0.167. The number of rotatable bonds is 0. The van der Waals surface area contributed by atoms with E-state index in [2.05, 4.69) is 41.3 Å². The Morgan fingerprint density at radius 3 is 2.38 bits per heavy atom. The van der Waals surface area contributed by atoms with E-state index in [4.69, 9.17) is 4.79 Å². The van der Waals surface area contributed by atoms with E-state index in [1.54, 1.807) is 0 Å². The van der Waals surface area contributed by atoms with E-state index >= 15 is 0 Å². The van der Waals surface area contributed by atoms with Gasteiger partial charge in [0, 0.05) is 0 Å². The molecule has 0 unspecified atom stereocenters. The van der Waals surface area contributed by atoms with E-state index in [-0.39, 0.29) is 0 Å². The van der Waals surface area contributed by atoms with Gasteiger partial charge in [-0.2, -0.15) is 0 Å². The summed E-state index contributed by atoms with van der Waals surface area (Å²) in [5, 5.41) is 0. The van der Waals surface area contributed by atoms with Gasteiger partial charge in [-0.1, -0.05) is 0 Å². The monoisotopic (exact) mass is 145 g/mol. The van der Waals surface area contributed by atoms with Gasteiger partial charge in [-0.3, -0.25) is 4.79 Å². The molecule has 0 spiro atoms. The first-order valence-corrected chi connectivity index (χ1v) is 2.76. The molecule has 0 aromatic rings. The quantitative estimate of drug-likeness (QED) is 0.496. The fourth-order valence-corrected chi connectivity index (χ4v) is 0.701. The number of hydrogen-bond acceptors (Lipinski definition) is 1. The summed E-state index contributed by atoms with van der Waals surface area (Å²) in [6.45, 7) is 4.50. The number of allylic oxidation sites excluding steroid dienone is 4. The van der Waals surface area contributed by atoms with Crippen LogP contribution in [0.4, 0.5) is 0 Å². The van der Waals surface area contributed by atoms with Crippen LogP contribution >= 0.6 is 0 Å². The maximum absolute atomic E-state index is 7.50. The Kier molecular flexibility index (Phi) is 4.64. The van der Waals surface area contributed by atoms with E-state index in [0.29, 0.717) is 0 Å². The molecule has 0 aliphatic heterocycles. The predicted octanol–water partition coefficient (Wildman–Crippen LogP) is 0.980. The first-order valence-electron chi connectivity index (χ1n) is 2.13. The molecule has 0 saturated heterocycles. The third-order valence-corrected chi connectivity index (χ3v) is 1.21. The molecule has 0 saturated carbocycles. The first kappa shape index (κ1) is 7.68. The van der Waals surface area contributed by atoms with Crippen molar-refractivity contribution >= 4 is 6.79 Å². The zero-order valence-corrected chi connectivity index (χ0v) is 5.53. The molecule has 0 heterocycles. The van der Waals surface area contributed by atoms with Crippen molar-refractivity contribution in [2.75, 3.05) is 0 Å². The van der Waals surface area contributed by atoms with Crippen molar-refractivity contribution in [1.29, 1.82) is 0 Å². The Morgan fingerprint density at radius 1 is 1.62 bits per heavy atom. The van der Waals surface area contributed by atoms with Crippen LogP contribution in [-0.4, -0.2) is 6.79 Å². The van der Waals surface area contributed by atoms with Crippen LogP contribution in [0.2, 0.25) is 0 Å². The summed E-state index contributed by atoms with van der Waals surface area (Å²) in [5.74, 6) is 0. The van der Waals surface area contributed by atoms with Gasteiger partial charge in [0.25, 0.3) is 6.79 Å². The van der Waals surface area contributed by atoms with Crippen LogP contribution in [0.1, 0.15) is 6.42 Å². The Labute approximate surface area is 57.5 Å². The van der Waals surface area contributed by atoms with Gasteiger partial charge in [-0.15, -0.1) is 0 Å². The van der Waals surface area contributed by atoms with Crippen molar-refractivity contribution in [2.45, 2.75) is 6.42 Å². The number of hydrogen-bond donors (Lipinski definition) is 0. The summed E-state index contributed by atoms with van der Waals surface area (Å²) in [6, 6.07) is 0. The Bertz CT molecular complexity index is 116. The molecule has 1 aliphatic rings. The van der Waals surface area contributed by atoms with Crippen LogP contribution in [-0.2, 0) is 21.1 Å². The molecule has 0 bridgehead atoms. The van der Waals surface area contributed by atoms with Gasteiger partial charge >= 0.3 is 45.4 Å². The van der Waals surface area contributed by atoms with E-state index in [1.807, 2.05) is 0 Å². The van der Waals surface area contributed by atoms with Gasteiger partial charge in [0.05, 0.1) is 0 Å². The van der Waals surface area contributed by atoms with Crippen LogP contribution < -0.4 is 0 Å².